The molecule has 0 radical (unpaired) electrons. The smallest absolute Gasteiger partial charge is 0.305 e. The van der Waals surface area contributed by atoms with Crippen molar-refractivity contribution in [1.82, 2.24) is 5.32 Å². The molecule has 0 saturated heterocycles. The Morgan fingerprint density at radius 2 is 0.730 bits per heavy atom. The third kappa shape index (κ3) is 49.9. The molecule has 1 amide bonds. The maximum Gasteiger partial charge on any atom is 0.305 e. The highest BCUT2D eigenvalue weighted by Gasteiger charge is 2.18. The lowest BCUT2D eigenvalue weighted by Crippen LogP contribution is -2.45. The van der Waals surface area contributed by atoms with Crippen molar-refractivity contribution in [3.8, 4) is 0 Å². The number of amides is 1. The number of carbonyl (C=O) groups is 2. The van der Waals surface area contributed by atoms with Crippen molar-refractivity contribution in [2.45, 2.75) is 328 Å². The van der Waals surface area contributed by atoms with Crippen molar-refractivity contribution < 1.29 is 24.5 Å². The van der Waals surface area contributed by atoms with Gasteiger partial charge in [-0.15, -0.1) is 0 Å². The van der Waals surface area contributed by atoms with E-state index in [1.54, 1.807) is 6.08 Å². The molecule has 0 heterocycles. The standard InChI is InChI=1S/C57H111NO5/c1-3-5-7-9-11-13-14-15-16-21-25-28-31-35-39-43-47-51-57(62)63-52-48-44-40-36-32-29-26-23-20-18-17-19-22-24-27-30-34-38-42-46-50-56(61)58-54(53-59)55(60)49-45-41-37-33-12-10-8-6-4-2/h45,49,54-55,59-60H,3-44,46-48,50-53H2,1-2H3,(H,58,61)/b49-45+. The van der Waals surface area contributed by atoms with Gasteiger partial charge in [-0.2, -0.15) is 0 Å². The van der Waals surface area contributed by atoms with Gasteiger partial charge in [-0.1, -0.05) is 283 Å². The van der Waals surface area contributed by atoms with Crippen LogP contribution in [0.3, 0.4) is 0 Å². The first-order valence-corrected chi connectivity index (χ1v) is 28.5. The number of aliphatic hydroxyl groups excluding tert-OH is 2. The maximum atomic E-state index is 12.4. The van der Waals surface area contributed by atoms with E-state index in [9.17, 15) is 19.8 Å². The largest absolute Gasteiger partial charge is 0.466 e. The number of aliphatic hydroxyl groups is 2. The Labute approximate surface area is 393 Å². The van der Waals surface area contributed by atoms with E-state index in [0.29, 0.717) is 19.4 Å². The Bertz CT molecular complexity index is 939. The van der Waals surface area contributed by atoms with Crippen molar-refractivity contribution in [2.24, 2.45) is 0 Å². The van der Waals surface area contributed by atoms with Crippen LogP contribution in [-0.2, 0) is 14.3 Å². The molecule has 374 valence electrons. The molecule has 0 aromatic carbocycles. The molecule has 0 aliphatic rings. The summed E-state index contributed by atoms with van der Waals surface area (Å²) in [6.45, 7) is 4.89. The minimum atomic E-state index is -0.842. The second kappa shape index (κ2) is 53.2. The first-order chi connectivity index (χ1) is 31.0. The Morgan fingerprint density at radius 3 is 1.08 bits per heavy atom. The van der Waals surface area contributed by atoms with E-state index in [2.05, 4.69) is 19.2 Å². The molecule has 0 aromatic rings. The zero-order valence-corrected chi connectivity index (χ0v) is 42.6. The SMILES string of the molecule is CCCCCCCCC/C=C/C(O)C(CO)NC(=O)CCCCCCCCCCCCCCCCCCCCCCOC(=O)CCCCCCCCCCCCCCCCCCC. The van der Waals surface area contributed by atoms with Gasteiger partial charge in [-0.25, -0.2) is 0 Å². The topological polar surface area (TPSA) is 95.9 Å². The van der Waals surface area contributed by atoms with Gasteiger partial charge in [0, 0.05) is 12.8 Å². The van der Waals surface area contributed by atoms with Gasteiger partial charge in [0.2, 0.25) is 5.91 Å². The van der Waals surface area contributed by atoms with E-state index < -0.39 is 12.1 Å². The summed E-state index contributed by atoms with van der Waals surface area (Å²) in [6.07, 6.45) is 62.4. The predicted octanol–water partition coefficient (Wildman–Crippen LogP) is 17.3. The van der Waals surface area contributed by atoms with Crippen LogP contribution in [0.1, 0.15) is 316 Å². The molecular weight excluding hydrogens is 779 g/mol. The number of rotatable bonds is 53. The van der Waals surface area contributed by atoms with Gasteiger partial charge in [0.1, 0.15) is 0 Å². The van der Waals surface area contributed by atoms with E-state index >= 15 is 0 Å². The summed E-state index contributed by atoms with van der Waals surface area (Å²) < 4.78 is 5.49. The van der Waals surface area contributed by atoms with E-state index in [0.717, 1.165) is 38.5 Å². The molecule has 0 aliphatic heterocycles. The molecule has 0 rings (SSSR count). The Hall–Kier alpha value is -1.40. The quantitative estimate of drug-likeness (QED) is 0.0321. The van der Waals surface area contributed by atoms with Gasteiger partial charge in [-0.05, 0) is 32.1 Å². The van der Waals surface area contributed by atoms with E-state index in [-0.39, 0.29) is 18.5 Å². The number of ether oxygens (including phenoxy) is 1. The summed E-state index contributed by atoms with van der Waals surface area (Å²) in [5.74, 6) is -0.0575. The van der Waals surface area contributed by atoms with E-state index in [4.69, 9.17) is 4.74 Å². The van der Waals surface area contributed by atoms with Crippen LogP contribution in [0.5, 0.6) is 0 Å². The van der Waals surface area contributed by atoms with Crippen LogP contribution in [0.25, 0.3) is 0 Å². The monoisotopic (exact) mass is 890 g/mol. The number of esters is 1. The first-order valence-electron chi connectivity index (χ1n) is 28.5. The van der Waals surface area contributed by atoms with Crippen LogP contribution in [0.2, 0.25) is 0 Å². The van der Waals surface area contributed by atoms with Gasteiger partial charge in [-0.3, -0.25) is 9.59 Å². The van der Waals surface area contributed by atoms with Crippen LogP contribution in [0, 0.1) is 0 Å². The molecule has 0 bridgehead atoms. The summed E-state index contributed by atoms with van der Waals surface area (Å²) in [6, 6.07) is -0.626. The highest BCUT2D eigenvalue weighted by Crippen LogP contribution is 2.17. The van der Waals surface area contributed by atoms with Gasteiger partial charge < -0.3 is 20.3 Å². The lowest BCUT2D eigenvalue weighted by Gasteiger charge is -2.20. The first kappa shape index (κ1) is 61.6. The van der Waals surface area contributed by atoms with Crippen molar-refractivity contribution in [3.05, 3.63) is 12.2 Å². The fourth-order valence-corrected chi connectivity index (χ4v) is 8.93. The van der Waals surface area contributed by atoms with Crippen molar-refractivity contribution in [3.63, 3.8) is 0 Å². The van der Waals surface area contributed by atoms with Gasteiger partial charge in [0.15, 0.2) is 0 Å². The number of nitrogens with one attached hydrogen (secondary N) is 1. The summed E-state index contributed by atoms with van der Waals surface area (Å²) in [5.41, 5.74) is 0. The van der Waals surface area contributed by atoms with Crippen LogP contribution < -0.4 is 5.32 Å². The molecule has 6 heteroatoms. The summed E-state index contributed by atoms with van der Waals surface area (Å²) in [5, 5.41) is 22.9. The number of allylic oxidation sites excluding steroid dienone is 1. The average Bonchev–Trinajstić information content (AvgIpc) is 3.28. The highest BCUT2D eigenvalue weighted by atomic mass is 16.5. The number of carbonyl (C=O) groups excluding carboxylic acids is 2. The lowest BCUT2D eigenvalue weighted by atomic mass is 10.0. The Morgan fingerprint density at radius 1 is 0.429 bits per heavy atom. The van der Waals surface area contributed by atoms with Crippen LogP contribution in [-0.4, -0.2) is 47.4 Å². The zero-order chi connectivity index (χ0) is 45.8. The second-order valence-corrected chi connectivity index (χ2v) is 19.6. The van der Waals surface area contributed by atoms with Gasteiger partial charge in [0.05, 0.1) is 25.4 Å². The summed E-state index contributed by atoms with van der Waals surface area (Å²) >= 11 is 0. The number of unbranched alkanes of at least 4 members (excludes halogenated alkanes) is 42. The molecule has 0 spiro atoms. The van der Waals surface area contributed by atoms with E-state index in [1.807, 2.05) is 6.08 Å². The molecule has 0 fully saturated rings. The minimum Gasteiger partial charge on any atom is -0.466 e. The third-order valence-electron chi connectivity index (χ3n) is 13.3. The van der Waals surface area contributed by atoms with Crippen molar-refractivity contribution in [1.29, 1.82) is 0 Å². The average molecular weight is 891 g/mol. The molecule has 0 saturated carbocycles. The Balaban J connectivity index is 3.35. The normalized spacial score (nSPS) is 12.6. The molecule has 3 N–H and O–H groups in total. The molecular formula is C57H111NO5. The zero-order valence-electron chi connectivity index (χ0n) is 42.6. The van der Waals surface area contributed by atoms with Crippen LogP contribution in [0.4, 0.5) is 0 Å². The van der Waals surface area contributed by atoms with Crippen molar-refractivity contribution >= 4 is 11.9 Å². The fourth-order valence-electron chi connectivity index (χ4n) is 8.93. The van der Waals surface area contributed by atoms with Crippen LogP contribution >= 0.6 is 0 Å². The summed E-state index contributed by atoms with van der Waals surface area (Å²) in [7, 11) is 0. The highest BCUT2D eigenvalue weighted by molar-refractivity contribution is 5.76. The maximum absolute atomic E-state index is 12.4. The molecule has 0 aliphatic carbocycles. The number of hydrogen-bond acceptors (Lipinski definition) is 5. The molecule has 6 nitrogen and oxygen atoms in total. The number of hydrogen-bond donors (Lipinski definition) is 3. The van der Waals surface area contributed by atoms with Crippen molar-refractivity contribution in [2.75, 3.05) is 13.2 Å². The Kier molecular flexibility index (Phi) is 52.0. The van der Waals surface area contributed by atoms with Crippen LogP contribution in [0.15, 0.2) is 12.2 Å². The fraction of sp³-hybridized carbons (Fsp3) is 0.930. The lowest BCUT2D eigenvalue weighted by molar-refractivity contribution is -0.143. The predicted molar refractivity (Wildman–Crippen MR) is 273 cm³/mol. The third-order valence-corrected chi connectivity index (χ3v) is 13.3. The summed E-state index contributed by atoms with van der Waals surface area (Å²) in [4.78, 5) is 24.4. The van der Waals surface area contributed by atoms with E-state index in [1.165, 1.54) is 250 Å². The molecule has 2 unspecified atom stereocenters. The van der Waals surface area contributed by atoms with Gasteiger partial charge >= 0.3 is 5.97 Å². The molecule has 0 aromatic heterocycles. The molecule has 2 atom stereocenters. The minimum absolute atomic E-state index is 0.0139. The molecule has 63 heavy (non-hydrogen) atoms. The second-order valence-electron chi connectivity index (χ2n) is 19.6. The van der Waals surface area contributed by atoms with Gasteiger partial charge in [0.25, 0.3) is 0 Å².